The summed E-state index contributed by atoms with van der Waals surface area (Å²) >= 11 is 0. The quantitative estimate of drug-likeness (QED) is 0.219. The van der Waals surface area contributed by atoms with Crippen LogP contribution in [0.2, 0.25) is 0 Å². The van der Waals surface area contributed by atoms with E-state index in [1.807, 2.05) is 0 Å². The van der Waals surface area contributed by atoms with Crippen LogP contribution in [0.5, 0.6) is 0 Å². The Labute approximate surface area is 171 Å². The van der Waals surface area contributed by atoms with E-state index in [-0.39, 0.29) is 5.69 Å². The van der Waals surface area contributed by atoms with Crippen molar-refractivity contribution in [3.8, 4) is 0 Å². The molecule has 0 spiro atoms. The molecule has 17 heteroatoms. The number of hydrogen-bond donors (Lipinski definition) is 5. The number of rotatable bonds is 8. The zero-order valence-electron chi connectivity index (χ0n) is 14.7. The number of benzene rings is 2. The lowest BCUT2D eigenvalue weighted by Gasteiger charge is -2.11. The molecule has 164 valence electrons. The number of primary amides is 1. The molecule has 0 aliphatic rings. The van der Waals surface area contributed by atoms with Crippen LogP contribution in [0.3, 0.4) is 0 Å². The van der Waals surface area contributed by atoms with Gasteiger partial charge in [-0.2, -0.15) is 29.5 Å². The topological polar surface area (TPSA) is 240 Å². The maximum Gasteiger partial charge on any atom is 0.328 e. The van der Waals surface area contributed by atoms with Gasteiger partial charge in [0.05, 0.1) is 15.5 Å². The summed E-state index contributed by atoms with van der Waals surface area (Å²) in [6.45, 7) is 0. The third kappa shape index (κ3) is 5.55. The Hall–Kier alpha value is -2.96. The van der Waals surface area contributed by atoms with Gasteiger partial charge in [0, 0.05) is 5.69 Å². The van der Waals surface area contributed by atoms with Crippen molar-refractivity contribution in [2.24, 2.45) is 5.73 Å². The summed E-state index contributed by atoms with van der Waals surface area (Å²) in [4.78, 5) is 8.53. The molecule has 0 fully saturated rings. The highest BCUT2D eigenvalue weighted by atomic mass is 32.3. The highest BCUT2D eigenvalue weighted by molar-refractivity contribution is 8.00. The molecule has 30 heavy (non-hydrogen) atoms. The predicted octanol–water partition coefficient (Wildman–Crippen LogP) is -1.26. The van der Waals surface area contributed by atoms with E-state index in [9.17, 15) is 30.0 Å². The largest absolute Gasteiger partial charge is 0.399 e. The first kappa shape index (κ1) is 23.3. The van der Waals surface area contributed by atoms with Gasteiger partial charge in [0.1, 0.15) is 4.90 Å². The minimum absolute atomic E-state index is 0.0512. The Balaban J connectivity index is 2.31. The summed E-state index contributed by atoms with van der Waals surface area (Å²) in [5.74, 6) is 0. The lowest BCUT2D eigenvalue weighted by Crippen LogP contribution is -2.42. The fraction of sp³-hybridized carbons (Fsp3) is 0. The number of hydrogen-bond acceptors (Lipinski definition) is 12. The van der Waals surface area contributed by atoms with Crippen LogP contribution >= 0.6 is 0 Å². The maximum absolute atomic E-state index is 12.3. The van der Waals surface area contributed by atoms with E-state index in [1.54, 1.807) is 11.0 Å². The Morgan fingerprint density at radius 1 is 0.833 bits per heavy atom. The fourth-order valence-electron chi connectivity index (χ4n) is 1.95. The summed E-state index contributed by atoms with van der Waals surface area (Å²) in [7, 11) is -14.3. The smallest absolute Gasteiger partial charge is 0.328 e. The summed E-state index contributed by atoms with van der Waals surface area (Å²) in [6, 6.07) is 5.63. The van der Waals surface area contributed by atoms with Crippen molar-refractivity contribution in [3.05, 3.63) is 42.5 Å². The standard InChI is InChI=1S/C13H15N5O9S3/c14-8-2-1-3-9(6-8)28(20,21)27-29(22,23)10-4-5-12(11(15)7-10)30(24,25)26-18-17-13(16)19/h1-7,18H,14-15H2,(H3,16,17,19). The van der Waals surface area contributed by atoms with Gasteiger partial charge in [-0.3, -0.25) is 0 Å². The number of nitrogens with one attached hydrogen (secondary N) is 2. The van der Waals surface area contributed by atoms with Crippen molar-refractivity contribution in [1.82, 2.24) is 11.0 Å². The Morgan fingerprint density at radius 3 is 1.97 bits per heavy atom. The van der Waals surface area contributed by atoms with Crippen molar-refractivity contribution in [2.45, 2.75) is 14.7 Å². The number of nitrogens with two attached hydrogens (primary N) is 3. The van der Waals surface area contributed by atoms with E-state index in [2.05, 4.69) is 7.91 Å². The summed E-state index contributed by atoms with van der Waals surface area (Å²) < 4.78 is 81.6. The van der Waals surface area contributed by atoms with E-state index in [0.29, 0.717) is 6.07 Å². The molecule has 2 aromatic rings. The summed E-state index contributed by atoms with van der Waals surface area (Å²) in [5.41, 5.74) is 18.3. The van der Waals surface area contributed by atoms with Gasteiger partial charge in [0.25, 0.3) is 0 Å². The molecule has 0 bridgehead atoms. The minimum Gasteiger partial charge on any atom is -0.399 e. The first-order valence-corrected chi connectivity index (χ1v) is 11.7. The number of carbonyl (C=O) groups excluding carboxylic acids is 1. The molecular formula is C13H15N5O9S3. The van der Waals surface area contributed by atoms with Crippen LogP contribution in [0.25, 0.3) is 0 Å². The van der Waals surface area contributed by atoms with Gasteiger partial charge in [0.15, 0.2) is 0 Å². The SMILES string of the molecule is NC(=O)NNOS(=O)(=O)c1ccc(S(=O)(=O)OS(=O)(=O)c2cccc(N)c2)cc1N. The van der Waals surface area contributed by atoms with Gasteiger partial charge in [-0.25, -0.2) is 10.2 Å². The zero-order chi connectivity index (χ0) is 22.7. The number of amides is 2. The second-order valence-corrected chi connectivity index (χ2v) is 10.2. The monoisotopic (exact) mass is 481 g/mol. The van der Waals surface area contributed by atoms with Crippen LogP contribution in [-0.4, -0.2) is 31.3 Å². The van der Waals surface area contributed by atoms with Gasteiger partial charge in [-0.05, 0) is 36.4 Å². The summed E-state index contributed by atoms with van der Waals surface area (Å²) in [5, 5.41) is 0. The van der Waals surface area contributed by atoms with E-state index in [1.165, 1.54) is 12.1 Å². The molecule has 14 nitrogen and oxygen atoms in total. The molecule has 0 aliphatic heterocycles. The minimum atomic E-state index is -4.93. The summed E-state index contributed by atoms with van der Waals surface area (Å²) in [6.07, 6.45) is 0. The predicted molar refractivity (Wildman–Crippen MR) is 101 cm³/mol. The fourth-order valence-corrected chi connectivity index (χ4v) is 5.37. The third-order valence-corrected chi connectivity index (χ3v) is 7.50. The normalized spacial score (nSPS) is 12.4. The van der Waals surface area contributed by atoms with Crippen molar-refractivity contribution < 1.29 is 38.0 Å². The van der Waals surface area contributed by atoms with E-state index >= 15 is 0 Å². The van der Waals surface area contributed by atoms with E-state index in [4.69, 9.17) is 17.2 Å². The van der Waals surface area contributed by atoms with Gasteiger partial charge < -0.3 is 17.2 Å². The average Bonchev–Trinajstić information content (AvgIpc) is 2.60. The van der Waals surface area contributed by atoms with Crippen LogP contribution in [0.1, 0.15) is 0 Å². The highest BCUT2D eigenvalue weighted by Crippen LogP contribution is 2.27. The van der Waals surface area contributed by atoms with Crippen LogP contribution in [0, 0.1) is 0 Å². The molecule has 0 unspecified atom stereocenters. The molecule has 0 aromatic heterocycles. The van der Waals surface area contributed by atoms with Crippen LogP contribution < -0.4 is 28.2 Å². The third-order valence-electron chi connectivity index (χ3n) is 3.19. The number of anilines is 2. The van der Waals surface area contributed by atoms with Crippen molar-refractivity contribution in [2.75, 3.05) is 11.5 Å². The first-order chi connectivity index (χ1) is 13.7. The molecule has 0 aliphatic carbocycles. The number of urea groups is 1. The van der Waals surface area contributed by atoms with E-state index < -0.39 is 56.8 Å². The number of hydrazine groups is 1. The Bertz CT molecular complexity index is 1290. The Kier molecular flexibility index (Phi) is 6.54. The molecule has 2 rings (SSSR count). The number of carbonyl (C=O) groups is 1. The molecule has 0 saturated carbocycles. The first-order valence-electron chi connectivity index (χ1n) is 7.45. The Morgan fingerprint density at radius 2 is 1.43 bits per heavy atom. The second kappa shape index (κ2) is 8.42. The van der Waals surface area contributed by atoms with Crippen molar-refractivity contribution >= 4 is 47.8 Å². The van der Waals surface area contributed by atoms with Gasteiger partial charge in [-0.1, -0.05) is 11.7 Å². The second-order valence-electron chi connectivity index (χ2n) is 5.38. The van der Waals surface area contributed by atoms with Gasteiger partial charge >= 0.3 is 36.4 Å². The van der Waals surface area contributed by atoms with Crippen molar-refractivity contribution in [3.63, 3.8) is 0 Å². The lowest BCUT2D eigenvalue weighted by atomic mass is 10.3. The van der Waals surface area contributed by atoms with E-state index in [0.717, 1.165) is 24.3 Å². The zero-order valence-corrected chi connectivity index (χ0v) is 17.1. The average molecular weight is 481 g/mol. The molecule has 0 atom stereocenters. The maximum atomic E-state index is 12.3. The van der Waals surface area contributed by atoms with Gasteiger partial charge in [-0.15, -0.1) is 3.63 Å². The van der Waals surface area contributed by atoms with Crippen LogP contribution in [0.4, 0.5) is 16.2 Å². The highest BCUT2D eigenvalue weighted by Gasteiger charge is 2.29. The van der Waals surface area contributed by atoms with Crippen LogP contribution in [-0.2, 0) is 38.3 Å². The van der Waals surface area contributed by atoms with Gasteiger partial charge in [0.2, 0.25) is 0 Å². The number of nitrogen functional groups attached to an aromatic ring is 2. The molecular weight excluding hydrogens is 466 g/mol. The molecule has 2 amide bonds. The van der Waals surface area contributed by atoms with Crippen LogP contribution in [0.15, 0.2) is 57.2 Å². The van der Waals surface area contributed by atoms with Crippen molar-refractivity contribution in [1.29, 1.82) is 0 Å². The molecule has 0 heterocycles. The molecule has 8 N–H and O–H groups in total. The molecule has 0 radical (unpaired) electrons. The lowest BCUT2D eigenvalue weighted by molar-refractivity contribution is 0.161. The molecule has 0 saturated heterocycles. The molecule has 2 aromatic carbocycles.